The number of aliphatic hydroxyl groups excluding tert-OH is 1. The first-order valence-electron chi connectivity index (χ1n) is 9.15. The first-order valence-corrected chi connectivity index (χ1v) is 9.15. The maximum atomic E-state index is 10.7. The number of allylic oxidation sites excluding steroid dienone is 1. The molecule has 3 aliphatic rings. The second kappa shape index (κ2) is 5.37. The smallest absolute Gasteiger partial charge is 0.115 e. The molecule has 1 aromatic rings. The van der Waals surface area contributed by atoms with E-state index in [0.29, 0.717) is 29.4 Å². The van der Waals surface area contributed by atoms with Crippen molar-refractivity contribution in [2.75, 3.05) is 0 Å². The number of rotatable bonds is 2. The number of aromatic hydroxyl groups is 1. The Morgan fingerprint density at radius 2 is 2.17 bits per heavy atom. The third kappa shape index (κ3) is 2.18. The molecule has 3 aliphatic carbocycles. The molecule has 0 bridgehead atoms. The van der Waals surface area contributed by atoms with Gasteiger partial charge in [0.15, 0.2) is 0 Å². The zero-order chi connectivity index (χ0) is 16.2. The van der Waals surface area contributed by atoms with Crippen LogP contribution in [0, 0.1) is 23.2 Å². The molecule has 23 heavy (non-hydrogen) atoms. The van der Waals surface area contributed by atoms with Crippen molar-refractivity contribution >= 4 is 0 Å². The van der Waals surface area contributed by atoms with E-state index in [2.05, 4.69) is 19.6 Å². The van der Waals surface area contributed by atoms with Crippen LogP contribution in [-0.2, 0) is 6.42 Å². The Kier molecular flexibility index (Phi) is 3.57. The van der Waals surface area contributed by atoms with Crippen LogP contribution in [0.3, 0.4) is 0 Å². The summed E-state index contributed by atoms with van der Waals surface area (Å²) in [5.41, 5.74) is 2.89. The maximum Gasteiger partial charge on any atom is 0.115 e. The average Bonchev–Trinajstić information content (AvgIpc) is 2.78. The van der Waals surface area contributed by atoms with Gasteiger partial charge in [-0.3, -0.25) is 0 Å². The molecule has 2 N–H and O–H groups in total. The zero-order valence-corrected chi connectivity index (χ0v) is 14.0. The van der Waals surface area contributed by atoms with E-state index in [4.69, 9.17) is 0 Å². The Bertz CT molecular complexity index is 622. The fourth-order valence-corrected chi connectivity index (χ4v) is 6.28. The second-order valence-electron chi connectivity index (χ2n) is 8.30. The number of phenols is 1. The number of fused-ring (bicyclic) bond motifs is 5. The van der Waals surface area contributed by atoms with Crippen LogP contribution in [0.25, 0.3) is 0 Å². The van der Waals surface area contributed by atoms with E-state index in [-0.39, 0.29) is 11.5 Å². The summed E-state index contributed by atoms with van der Waals surface area (Å²) in [6.45, 7) is 6.28. The Morgan fingerprint density at radius 1 is 1.35 bits per heavy atom. The van der Waals surface area contributed by atoms with Crippen LogP contribution < -0.4 is 0 Å². The van der Waals surface area contributed by atoms with Crippen LogP contribution in [0.1, 0.15) is 56.1 Å². The Labute approximate surface area is 139 Å². The molecule has 0 aliphatic heterocycles. The summed E-state index contributed by atoms with van der Waals surface area (Å²) in [6.07, 6.45) is 8.42. The molecule has 0 unspecified atom stereocenters. The highest BCUT2D eigenvalue weighted by Crippen LogP contribution is 2.63. The minimum atomic E-state index is -0.153. The van der Waals surface area contributed by atoms with Crippen LogP contribution in [0.5, 0.6) is 5.75 Å². The van der Waals surface area contributed by atoms with Gasteiger partial charge in [0.2, 0.25) is 0 Å². The van der Waals surface area contributed by atoms with E-state index in [1.165, 1.54) is 24.0 Å². The number of phenolic OH excluding ortho intramolecular Hbond substituents is 1. The van der Waals surface area contributed by atoms with E-state index in [1.807, 2.05) is 18.2 Å². The molecular formula is C21H28O2. The van der Waals surface area contributed by atoms with Crippen molar-refractivity contribution < 1.29 is 10.2 Å². The van der Waals surface area contributed by atoms with E-state index in [9.17, 15) is 10.2 Å². The van der Waals surface area contributed by atoms with Crippen molar-refractivity contribution in [3.63, 3.8) is 0 Å². The minimum Gasteiger partial charge on any atom is -0.508 e. The molecule has 0 heterocycles. The van der Waals surface area contributed by atoms with E-state index in [0.717, 1.165) is 25.7 Å². The quantitative estimate of drug-likeness (QED) is 0.794. The molecule has 124 valence electrons. The summed E-state index contributed by atoms with van der Waals surface area (Å²) in [5, 5.41) is 20.5. The summed E-state index contributed by atoms with van der Waals surface area (Å²) in [6, 6.07) is 5.96. The van der Waals surface area contributed by atoms with E-state index < -0.39 is 0 Å². The van der Waals surface area contributed by atoms with Gasteiger partial charge in [-0.1, -0.05) is 19.1 Å². The molecule has 2 heteroatoms. The summed E-state index contributed by atoms with van der Waals surface area (Å²) >= 11 is 0. The molecular weight excluding hydrogens is 284 g/mol. The largest absolute Gasteiger partial charge is 0.508 e. The van der Waals surface area contributed by atoms with E-state index >= 15 is 0 Å². The van der Waals surface area contributed by atoms with Gasteiger partial charge < -0.3 is 10.2 Å². The highest BCUT2D eigenvalue weighted by molar-refractivity contribution is 5.40. The minimum absolute atomic E-state index is 0.0866. The fraction of sp³-hybridized carbons (Fsp3) is 0.619. The Morgan fingerprint density at radius 3 is 2.96 bits per heavy atom. The van der Waals surface area contributed by atoms with Crippen molar-refractivity contribution in [1.82, 2.24) is 0 Å². The lowest BCUT2D eigenvalue weighted by Crippen LogP contribution is -2.45. The molecule has 2 nitrogen and oxygen atoms in total. The van der Waals surface area contributed by atoms with Gasteiger partial charge in [0.25, 0.3) is 0 Å². The van der Waals surface area contributed by atoms with Crippen LogP contribution in [0.2, 0.25) is 0 Å². The predicted octanol–water partition coefficient (Wildman–Crippen LogP) is 4.41. The summed E-state index contributed by atoms with van der Waals surface area (Å²) in [7, 11) is 0. The van der Waals surface area contributed by atoms with Gasteiger partial charge in [0.05, 0.1) is 6.10 Å². The van der Waals surface area contributed by atoms with E-state index in [1.54, 1.807) is 0 Å². The third-order valence-electron chi connectivity index (χ3n) is 7.27. The maximum absolute atomic E-state index is 10.7. The normalized spacial score (nSPS) is 41.7. The monoisotopic (exact) mass is 312 g/mol. The summed E-state index contributed by atoms with van der Waals surface area (Å²) in [4.78, 5) is 0. The Hall–Kier alpha value is -1.28. The van der Waals surface area contributed by atoms with Gasteiger partial charge in [0, 0.05) is 0 Å². The predicted molar refractivity (Wildman–Crippen MR) is 92.4 cm³/mol. The van der Waals surface area contributed by atoms with Gasteiger partial charge in [0.1, 0.15) is 5.75 Å². The molecule has 0 spiro atoms. The molecule has 0 amide bonds. The number of benzene rings is 1. The average molecular weight is 312 g/mol. The molecule has 0 radical (unpaired) electrons. The van der Waals surface area contributed by atoms with Crippen molar-refractivity contribution in [1.29, 1.82) is 0 Å². The SMILES string of the molecule is C=CC[C@H]1C[C@@H](O)[C@@]2(C)CC[C@@H]3c4ccc(O)cc4CC[C@H]3[C@H]12. The number of hydrogen-bond donors (Lipinski definition) is 2. The highest BCUT2D eigenvalue weighted by atomic mass is 16.3. The fourth-order valence-electron chi connectivity index (χ4n) is 6.28. The number of hydrogen-bond acceptors (Lipinski definition) is 2. The van der Waals surface area contributed by atoms with Crippen LogP contribution in [0.4, 0.5) is 0 Å². The molecule has 1 aromatic carbocycles. The first kappa shape index (κ1) is 15.3. The molecule has 2 saturated carbocycles. The number of aryl methyl sites for hydroxylation is 1. The third-order valence-corrected chi connectivity index (χ3v) is 7.27. The van der Waals surface area contributed by atoms with Gasteiger partial charge in [-0.15, -0.1) is 6.58 Å². The van der Waals surface area contributed by atoms with Crippen molar-refractivity contribution in [2.24, 2.45) is 23.2 Å². The van der Waals surface area contributed by atoms with Gasteiger partial charge in [-0.2, -0.15) is 0 Å². The van der Waals surface area contributed by atoms with Gasteiger partial charge >= 0.3 is 0 Å². The lowest BCUT2D eigenvalue weighted by molar-refractivity contribution is -0.0296. The lowest BCUT2D eigenvalue weighted by Gasteiger charge is -2.51. The molecule has 6 atom stereocenters. The summed E-state index contributed by atoms with van der Waals surface area (Å²) in [5.74, 6) is 2.86. The zero-order valence-electron chi connectivity index (χ0n) is 14.0. The molecule has 0 aromatic heterocycles. The van der Waals surface area contributed by atoms with Crippen molar-refractivity contribution in [3.8, 4) is 5.75 Å². The number of aliphatic hydroxyl groups is 1. The van der Waals surface area contributed by atoms with Crippen LogP contribution in [-0.4, -0.2) is 16.3 Å². The molecule has 4 rings (SSSR count). The second-order valence-corrected chi connectivity index (χ2v) is 8.30. The lowest BCUT2D eigenvalue weighted by atomic mass is 9.54. The topological polar surface area (TPSA) is 40.5 Å². The van der Waals surface area contributed by atoms with Crippen molar-refractivity contribution in [2.45, 2.75) is 57.5 Å². The highest BCUT2D eigenvalue weighted by Gasteiger charge is 2.57. The Balaban J connectivity index is 1.72. The summed E-state index contributed by atoms with van der Waals surface area (Å²) < 4.78 is 0. The van der Waals surface area contributed by atoms with Gasteiger partial charge in [-0.25, -0.2) is 0 Å². The van der Waals surface area contributed by atoms with Crippen LogP contribution >= 0.6 is 0 Å². The standard InChI is InChI=1S/C21H28O2/c1-3-4-14-12-19(23)21(2)10-9-17-16-8-6-15(22)11-13(16)5-7-18(17)20(14)21/h3,6,8,11,14,17-20,22-23H,1,4-5,7,9-10,12H2,2H3/t14-,17+,18+,19+,20-,21+/m0/s1. The van der Waals surface area contributed by atoms with Gasteiger partial charge in [-0.05, 0) is 90.9 Å². The first-order chi connectivity index (χ1) is 11.0. The van der Waals surface area contributed by atoms with Crippen LogP contribution in [0.15, 0.2) is 30.9 Å². The molecule has 2 fully saturated rings. The van der Waals surface area contributed by atoms with Crippen molar-refractivity contribution in [3.05, 3.63) is 42.0 Å². The molecule has 0 saturated heterocycles.